The van der Waals surface area contributed by atoms with Gasteiger partial charge in [0.1, 0.15) is 0 Å². The number of carbonyl (C=O) groups is 1. The van der Waals surface area contributed by atoms with E-state index in [9.17, 15) is 4.79 Å². The molecule has 2 N–H and O–H groups in total. The van der Waals surface area contributed by atoms with Crippen LogP contribution in [0.2, 0.25) is 0 Å². The van der Waals surface area contributed by atoms with Gasteiger partial charge in [0.25, 0.3) is 5.91 Å². The summed E-state index contributed by atoms with van der Waals surface area (Å²) < 4.78 is 2.40. The molecular formula is C8H9BrN2O. The predicted octanol–water partition coefficient (Wildman–Crippen LogP) is 1.54. The average molecular weight is 229 g/mol. The first kappa shape index (κ1) is 9.22. The van der Waals surface area contributed by atoms with Crippen molar-refractivity contribution in [2.75, 3.05) is 0 Å². The van der Waals surface area contributed by atoms with Crippen molar-refractivity contribution >= 4 is 22.1 Å². The number of rotatable bonds is 2. The molecule has 0 aliphatic rings. The zero-order chi connectivity index (χ0) is 8.97. The molecule has 64 valence electrons. The Morgan fingerprint density at radius 1 is 1.50 bits per heavy atom. The monoisotopic (exact) mass is 228 g/mol. The highest BCUT2D eigenvalue weighted by atomic mass is 79.9. The van der Waals surface area contributed by atoms with Crippen LogP contribution in [0.25, 0.3) is 0 Å². The van der Waals surface area contributed by atoms with E-state index in [2.05, 4.69) is 26.0 Å². The molecule has 1 aromatic rings. The molecule has 0 atom stereocenters. The van der Waals surface area contributed by atoms with Crippen molar-refractivity contribution in [1.29, 1.82) is 0 Å². The van der Waals surface area contributed by atoms with Crippen LogP contribution in [-0.2, 0) is 0 Å². The minimum atomic E-state index is -0.157. The predicted molar refractivity (Wildman–Crippen MR) is 50.7 cm³/mol. The Hall–Kier alpha value is -0.870. The molecule has 1 aromatic carbocycles. The lowest BCUT2D eigenvalue weighted by Gasteiger charge is -2.01. The van der Waals surface area contributed by atoms with Gasteiger partial charge in [0.15, 0.2) is 0 Å². The molecular weight excluding hydrogens is 220 g/mol. The highest BCUT2D eigenvalue weighted by Crippen LogP contribution is 2.02. The van der Waals surface area contributed by atoms with Crippen molar-refractivity contribution in [1.82, 2.24) is 9.88 Å². The van der Waals surface area contributed by atoms with Crippen LogP contribution >= 0.6 is 16.1 Å². The number of halogens is 1. The summed E-state index contributed by atoms with van der Waals surface area (Å²) in [6, 6.07) is 7.36. The third kappa shape index (κ3) is 2.32. The lowest BCUT2D eigenvalue weighted by atomic mass is 10.1. The maximum atomic E-state index is 11.2. The van der Waals surface area contributed by atoms with E-state index < -0.39 is 0 Å². The molecule has 1 rings (SSSR count). The van der Waals surface area contributed by atoms with Gasteiger partial charge in [-0.15, -0.1) is 0 Å². The number of nitrogens with one attached hydrogen (secondary N) is 2. The molecule has 0 aliphatic carbocycles. The Morgan fingerprint density at radius 3 is 2.83 bits per heavy atom. The van der Waals surface area contributed by atoms with Crippen molar-refractivity contribution in [3.63, 3.8) is 0 Å². The zero-order valence-electron chi connectivity index (χ0n) is 6.60. The smallest absolute Gasteiger partial charge is 0.266 e. The number of aryl methyl sites for hydroxylation is 1. The highest BCUT2D eigenvalue weighted by molar-refractivity contribution is 9.08. The minimum Gasteiger partial charge on any atom is -0.277 e. The largest absolute Gasteiger partial charge is 0.277 e. The first-order valence-electron chi connectivity index (χ1n) is 3.46. The van der Waals surface area contributed by atoms with Gasteiger partial charge in [-0.25, -0.2) is 0 Å². The van der Waals surface area contributed by atoms with E-state index >= 15 is 0 Å². The molecule has 0 radical (unpaired) electrons. The van der Waals surface area contributed by atoms with Gasteiger partial charge in [0.2, 0.25) is 0 Å². The normalized spacial score (nSPS) is 9.50. The molecule has 0 unspecified atom stereocenters. The standard InChI is InChI=1S/C8H9BrN2O/c1-6-3-2-4-7(5-6)8(12)10-11-9/h2-5,11H,1H3,(H,10,12). The summed E-state index contributed by atoms with van der Waals surface area (Å²) in [5.41, 5.74) is 4.12. The minimum absolute atomic E-state index is 0.157. The van der Waals surface area contributed by atoms with Gasteiger partial charge in [-0.05, 0) is 19.1 Å². The number of hydrogen-bond acceptors (Lipinski definition) is 2. The van der Waals surface area contributed by atoms with Crippen LogP contribution in [-0.4, -0.2) is 5.91 Å². The van der Waals surface area contributed by atoms with Gasteiger partial charge in [-0.1, -0.05) is 17.7 Å². The van der Waals surface area contributed by atoms with Crippen LogP contribution in [0.15, 0.2) is 24.3 Å². The van der Waals surface area contributed by atoms with Crippen LogP contribution < -0.4 is 9.88 Å². The fourth-order valence-corrected chi connectivity index (χ4v) is 1.08. The summed E-state index contributed by atoms with van der Waals surface area (Å²) in [5.74, 6) is -0.157. The summed E-state index contributed by atoms with van der Waals surface area (Å²) in [5, 5.41) is 0. The Morgan fingerprint density at radius 2 is 2.25 bits per heavy atom. The second kappa shape index (κ2) is 4.23. The van der Waals surface area contributed by atoms with E-state index in [1.165, 1.54) is 0 Å². The fraction of sp³-hybridized carbons (Fsp3) is 0.125. The summed E-state index contributed by atoms with van der Waals surface area (Å²) in [6.07, 6.45) is 0. The van der Waals surface area contributed by atoms with Gasteiger partial charge in [0.05, 0.1) is 0 Å². The van der Waals surface area contributed by atoms with E-state index in [1.807, 2.05) is 25.1 Å². The lowest BCUT2D eigenvalue weighted by molar-refractivity contribution is 0.0948. The van der Waals surface area contributed by atoms with Crippen molar-refractivity contribution in [2.24, 2.45) is 0 Å². The second-order valence-corrected chi connectivity index (χ2v) is 2.81. The average Bonchev–Trinajstić information content (AvgIpc) is 2.05. The molecule has 0 aliphatic heterocycles. The lowest BCUT2D eigenvalue weighted by Crippen LogP contribution is -2.30. The van der Waals surface area contributed by atoms with Crippen molar-refractivity contribution in [2.45, 2.75) is 6.92 Å². The molecule has 0 fully saturated rings. The molecule has 12 heavy (non-hydrogen) atoms. The zero-order valence-corrected chi connectivity index (χ0v) is 8.18. The molecule has 0 aromatic heterocycles. The summed E-state index contributed by atoms with van der Waals surface area (Å²) >= 11 is 2.88. The van der Waals surface area contributed by atoms with E-state index in [4.69, 9.17) is 0 Å². The third-order valence-electron chi connectivity index (χ3n) is 1.44. The molecule has 4 heteroatoms. The molecule has 0 spiro atoms. The van der Waals surface area contributed by atoms with Crippen LogP contribution in [0.3, 0.4) is 0 Å². The van der Waals surface area contributed by atoms with Gasteiger partial charge < -0.3 is 0 Å². The van der Waals surface area contributed by atoms with Crippen molar-refractivity contribution in [3.05, 3.63) is 35.4 Å². The van der Waals surface area contributed by atoms with E-state index in [0.29, 0.717) is 5.56 Å². The Balaban J connectivity index is 2.81. The van der Waals surface area contributed by atoms with E-state index in [1.54, 1.807) is 6.07 Å². The molecule has 0 heterocycles. The van der Waals surface area contributed by atoms with Crippen LogP contribution in [0.1, 0.15) is 15.9 Å². The number of benzene rings is 1. The van der Waals surface area contributed by atoms with Crippen LogP contribution in [0.4, 0.5) is 0 Å². The maximum Gasteiger partial charge on any atom is 0.266 e. The van der Waals surface area contributed by atoms with Gasteiger partial charge in [-0.2, -0.15) is 4.45 Å². The molecule has 0 saturated carbocycles. The molecule has 0 saturated heterocycles. The van der Waals surface area contributed by atoms with Gasteiger partial charge in [-0.3, -0.25) is 10.2 Å². The van der Waals surface area contributed by atoms with Gasteiger partial charge in [0, 0.05) is 21.7 Å². The summed E-state index contributed by atoms with van der Waals surface area (Å²) in [4.78, 5) is 11.2. The Bertz CT molecular complexity index is 288. The van der Waals surface area contributed by atoms with E-state index in [-0.39, 0.29) is 5.91 Å². The maximum absolute atomic E-state index is 11.2. The Labute approximate surface area is 79.5 Å². The van der Waals surface area contributed by atoms with Crippen molar-refractivity contribution < 1.29 is 4.79 Å². The quantitative estimate of drug-likeness (QED) is 0.596. The summed E-state index contributed by atoms with van der Waals surface area (Å²) in [6.45, 7) is 1.94. The number of hydrazine groups is 1. The highest BCUT2D eigenvalue weighted by Gasteiger charge is 2.02. The third-order valence-corrected chi connectivity index (χ3v) is 1.64. The van der Waals surface area contributed by atoms with Crippen molar-refractivity contribution in [3.8, 4) is 0 Å². The van der Waals surface area contributed by atoms with Crippen LogP contribution in [0, 0.1) is 6.92 Å². The first-order valence-corrected chi connectivity index (χ1v) is 4.26. The first-order chi connectivity index (χ1) is 5.74. The second-order valence-electron chi connectivity index (χ2n) is 2.42. The topological polar surface area (TPSA) is 41.1 Å². The number of hydrogen-bond donors (Lipinski definition) is 2. The molecule has 0 bridgehead atoms. The SMILES string of the molecule is Cc1cccc(C(=O)NNBr)c1. The van der Waals surface area contributed by atoms with E-state index in [0.717, 1.165) is 5.56 Å². The van der Waals surface area contributed by atoms with Crippen LogP contribution in [0.5, 0.6) is 0 Å². The molecule has 3 nitrogen and oxygen atoms in total. The number of carbonyl (C=O) groups excluding carboxylic acids is 1. The Kier molecular flexibility index (Phi) is 3.25. The number of amides is 1. The summed E-state index contributed by atoms with van der Waals surface area (Å²) in [7, 11) is 0. The molecule has 1 amide bonds. The fourth-order valence-electron chi connectivity index (χ4n) is 0.901. The van der Waals surface area contributed by atoms with Gasteiger partial charge >= 0.3 is 0 Å².